The van der Waals surface area contributed by atoms with E-state index in [-0.39, 0.29) is 23.4 Å². The van der Waals surface area contributed by atoms with Crippen LogP contribution in [0.5, 0.6) is 0 Å². The van der Waals surface area contributed by atoms with Crippen LogP contribution in [0.25, 0.3) is 0 Å². The van der Waals surface area contributed by atoms with Crippen molar-refractivity contribution in [2.75, 3.05) is 10.8 Å². The van der Waals surface area contributed by atoms with Gasteiger partial charge in [0, 0.05) is 33.2 Å². The Hall–Kier alpha value is -2.78. The fourth-order valence-corrected chi connectivity index (χ4v) is 7.35. The van der Waals surface area contributed by atoms with Crippen molar-refractivity contribution in [2.45, 2.75) is 69.5 Å². The molecule has 0 aliphatic heterocycles. The lowest BCUT2D eigenvalue weighted by Crippen LogP contribution is -2.53. The van der Waals surface area contributed by atoms with Crippen molar-refractivity contribution in [1.29, 1.82) is 0 Å². The molecule has 1 aliphatic rings. The SMILES string of the molecule is CC[C@H](C(=O)NC1CCCC1)N(Cc1c(Cl)cccc1Cl)C(=O)CN(c1ccccc1C)S(=O)(=O)c1ccc(Cl)cc1. The first-order valence-electron chi connectivity index (χ1n) is 13.9. The molecule has 7 nitrogen and oxygen atoms in total. The van der Waals surface area contributed by atoms with E-state index < -0.39 is 28.5 Å². The van der Waals surface area contributed by atoms with Crippen LogP contribution in [-0.2, 0) is 26.2 Å². The summed E-state index contributed by atoms with van der Waals surface area (Å²) in [5, 5.41) is 4.16. The van der Waals surface area contributed by atoms with Crippen molar-refractivity contribution in [3.63, 3.8) is 0 Å². The Labute approximate surface area is 262 Å². The van der Waals surface area contributed by atoms with Crippen LogP contribution in [0.2, 0.25) is 15.1 Å². The molecule has 3 aromatic carbocycles. The molecule has 0 aromatic heterocycles. The number of para-hydroxylation sites is 1. The lowest BCUT2D eigenvalue weighted by Gasteiger charge is -2.34. The van der Waals surface area contributed by atoms with Crippen LogP contribution in [0, 0.1) is 6.92 Å². The van der Waals surface area contributed by atoms with E-state index >= 15 is 0 Å². The number of hydrogen-bond donors (Lipinski definition) is 1. The summed E-state index contributed by atoms with van der Waals surface area (Å²) in [5.41, 5.74) is 1.49. The minimum Gasteiger partial charge on any atom is -0.352 e. The summed E-state index contributed by atoms with van der Waals surface area (Å²) in [4.78, 5) is 29.2. The average Bonchev–Trinajstić information content (AvgIpc) is 3.46. The highest BCUT2D eigenvalue weighted by Gasteiger charge is 2.35. The third-order valence-electron chi connectivity index (χ3n) is 7.54. The van der Waals surface area contributed by atoms with Crippen molar-refractivity contribution < 1.29 is 18.0 Å². The zero-order chi connectivity index (χ0) is 30.4. The fourth-order valence-electron chi connectivity index (χ4n) is 5.23. The largest absolute Gasteiger partial charge is 0.352 e. The molecular weight excluding hydrogens is 617 g/mol. The van der Waals surface area contributed by atoms with Crippen LogP contribution in [-0.4, -0.2) is 43.8 Å². The standard InChI is InChI=1S/C31H34Cl3N3O4S/c1-3-28(31(39)35-23-10-5-6-11-23)36(19-25-26(33)12-8-13-27(25)34)30(38)20-37(29-14-7-4-9-21(29)2)42(40,41)24-17-15-22(32)16-18-24/h4,7-9,12-18,23,28H,3,5-6,10-11,19-20H2,1-2H3,(H,35,39)/t28-/m1/s1. The molecule has 11 heteroatoms. The molecule has 1 saturated carbocycles. The Morgan fingerprint density at radius 1 is 0.929 bits per heavy atom. The number of benzene rings is 3. The number of aryl methyl sites for hydroxylation is 1. The van der Waals surface area contributed by atoms with Gasteiger partial charge >= 0.3 is 0 Å². The summed E-state index contributed by atoms with van der Waals surface area (Å²) in [7, 11) is -4.21. The lowest BCUT2D eigenvalue weighted by atomic mass is 10.1. The van der Waals surface area contributed by atoms with Crippen molar-refractivity contribution in [3.8, 4) is 0 Å². The van der Waals surface area contributed by atoms with E-state index in [0.29, 0.717) is 38.3 Å². The first-order valence-corrected chi connectivity index (χ1v) is 16.5. The fraction of sp³-hybridized carbons (Fsp3) is 0.355. The van der Waals surface area contributed by atoms with Gasteiger partial charge in [-0.1, -0.05) is 78.8 Å². The summed E-state index contributed by atoms with van der Waals surface area (Å²) in [6.45, 7) is 2.97. The Balaban J connectivity index is 1.75. The topological polar surface area (TPSA) is 86.8 Å². The van der Waals surface area contributed by atoms with Crippen LogP contribution >= 0.6 is 34.8 Å². The number of rotatable bonds is 11. The molecule has 2 amide bonds. The number of halogens is 3. The van der Waals surface area contributed by atoms with Gasteiger partial charge < -0.3 is 10.2 Å². The first kappa shape index (κ1) is 32.1. The van der Waals surface area contributed by atoms with E-state index in [1.807, 2.05) is 6.92 Å². The number of nitrogens with one attached hydrogen (secondary N) is 1. The third-order valence-corrected chi connectivity index (χ3v) is 10.3. The summed E-state index contributed by atoms with van der Waals surface area (Å²) in [6.07, 6.45) is 4.14. The van der Waals surface area contributed by atoms with Crippen LogP contribution in [0.3, 0.4) is 0 Å². The molecule has 0 heterocycles. The molecule has 0 radical (unpaired) electrons. The van der Waals surface area contributed by atoms with Crippen LogP contribution in [0.4, 0.5) is 5.69 Å². The maximum absolute atomic E-state index is 14.3. The number of hydrogen-bond acceptors (Lipinski definition) is 4. The van der Waals surface area contributed by atoms with Gasteiger partial charge in [0.15, 0.2) is 0 Å². The summed E-state index contributed by atoms with van der Waals surface area (Å²) in [5.74, 6) is -0.857. The first-order chi connectivity index (χ1) is 20.0. The number of nitrogens with zero attached hydrogens (tertiary/aromatic N) is 2. The van der Waals surface area contributed by atoms with Crippen molar-refractivity contribution in [2.24, 2.45) is 0 Å². The minimum atomic E-state index is -4.21. The second kappa shape index (κ2) is 14.1. The number of anilines is 1. The zero-order valence-electron chi connectivity index (χ0n) is 23.5. The lowest BCUT2D eigenvalue weighted by molar-refractivity contribution is -0.140. The van der Waals surface area contributed by atoms with Gasteiger partial charge in [0.1, 0.15) is 12.6 Å². The van der Waals surface area contributed by atoms with E-state index in [1.54, 1.807) is 49.4 Å². The van der Waals surface area contributed by atoms with Crippen molar-refractivity contribution in [1.82, 2.24) is 10.2 Å². The Morgan fingerprint density at radius 2 is 1.55 bits per heavy atom. The minimum absolute atomic E-state index is 0.0188. The van der Waals surface area contributed by atoms with Gasteiger partial charge in [-0.25, -0.2) is 8.42 Å². The van der Waals surface area contributed by atoms with Gasteiger partial charge in [-0.2, -0.15) is 0 Å². The van der Waals surface area contributed by atoms with Gasteiger partial charge in [0.2, 0.25) is 11.8 Å². The monoisotopic (exact) mass is 649 g/mol. The summed E-state index contributed by atoms with van der Waals surface area (Å²) < 4.78 is 29.1. The van der Waals surface area contributed by atoms with E-state index in [4.69, 9.17) is 34.8 Å². The molecule has 224 valence electrons. The van der Waals surface area contributed by atoms with Gasteiger partial charge in [-0.05, 0) is 74.2 Å². The van der Waals surface area contributed by atoms with Gasteiger partial charge in [0.05, 0.1) is 10.6 Å². The highest BCUT2D eigenvalue weighted by Crippen LogP contribution is 2.30. The van der Waals surface area contributed by atoms with E-state index in [9.17, 15) is 18.0 Å². The number of amides is 2. The van der Waals surface area contributed by atoms with E-state index in [2.05, 4.69) is 5.32 Å². The normalized spacial score (nSPS) is 14.4. The molecule has 3 aromatic rings. The maximum Gasteiger partial charge on any atom is 0.264 e. The number of sulfonamides is 1. The zero-order valence-corrected chi connectivity index (χ0v) is 26.6. The highest BCUT2D eigenvalue weighted by atomic mass is 35.5. The van der Waals surface area contributed by atoms with Crippen molar-refractivity contribution >= 4 is 62.3 Å². The molecule has 42 heavy (non-hydrogen) atoms. The van der Waals surface area contributed by atoms with Gasteiger partial charge in [-0.15, -0.1) is 0 Å². The molecular formula is C31H34Cl3N3O4S. The molecule has 0 spiro atoms. The Kier molecular flexibility index (Phi) is 10.8. The average molecular weight is 651 g/mol. The smallest absolute Gasteiger partial charge is 0.264 e. The molecule has 1 aliphatic carbocycles. The molecule has 4 rings (SSSR count). The Bertz CT molecular complexity index is 1510. The molecule has 1 atom stereocenters. The maximum atomic E-state index is 14.3. The quantitative estimate of drug-likeness (QED) is 0.242. The molecule has 0 unspecified atom stereocenters. The van der Waals surface area contributed by atoms with Gasteiger partial charge in [-0.3, -0.25) is 13.9 Å². The molecule has 0 saturated heterocycles. The van der Waals surface area contributed by atoms with Gasteiger partial charge in [0.25, 0.3) is 10.0 Å². The number of carbonyl (C=O) groups excluding carboxylic acids is 2. The van der Waals surface area contributed by atoms with Crippen molar-refractivity contribution in [3.05, 3.63) is 92.9 Å². The highest BCUT2D eigenvalue weighted by molar-refractivity contribution is 7.92. The van der Waals surface area contributed by atoms with Crippen LogP contribution in [0.15, 0.2) is 71.6 Å². The van der Waals surface area contributed by atoms with Crippen LogP contribution < -0.4 is 9.62 Å². The third kappa shape index (κ3) is 7.40. The summed E-state index contributed by atoms with van der Waals surface area (Å²) >= 11 is 19.0. The number of carbonyl (C=O) groups is 2. The Morgan fingerprint density at radius 3 is 2.14 bits per heavy atom. The molecule has 0 bridgehead atoms. The molecule has 1 N–H and O–H groups in total. The second-order valence-electron chi connectivity index (χ2n) is 10.4. The second-order valence-corrected chi connectivity index (χ2v) is 13.5. The summed E-state index contributed by atoms with van der Waals surface area (Å²) in [6, 6.07) is 16.9. The van der Waals surface area contributed by atoms with E-state index in [1.165, 1.54) is 29.2 Å². The van der Waals surface area contributed by atoms with Crippen LogP contribution in [0.1, 0.15) is 50.2 Å². The predicted octanol–water partition coefficient (Wildman–Crippen LogP) is 7.02. The van der Waals surface area contributed by atoms with E-state index in [0.717, 1.165) is 30.0 Å². The predicted molar refractivity (Wildman–Crippen MR) is 169 cm³/mol. The molecule has 1 fully saturated rings.